The van der Waals surface area contributed by atoms with Gasteiger partial charge < -0.3 is 0 Å². The third-order valence-corrected chi connectivity index (χ3v) is 2.56. The standard InChI is InChI=1S/C11H14N/c1-9-7-8-10-5-3-4-6-11(10)12(9)2/h5-8H,3-4H2,1-2H3/q+1. The smallest absolute Gasteiger partial charge is 0.199 e. The molecule has 0 amide bonds. The molecule has 0 radical (unpaired) electrons. The Bertz CT molecular complexity index is 415. The molecule has 1 heterocycles. The maximum Gasteiger partial charge on any atom is 0.208 e. The van der Waals surface area contributed by atoms with Crippen molar-refractivity contribution < 1.29 is 4.57 Å². The average molecular weight is 160 g/mol. The quantitative estimate of drug-likeness (QED) is 0.476. The van der Waals surface area contributed by atoms with E-state index in [1.165, 1.54) is 29.1 Å². The van der Waals surface area contributed by atoms with Crippen LogP contribution in [0.15, 0.2) is 12.1 Å². The number of nitrogens with zero attached hydrogens (tertiary/aromatic N) is 1. The van der Waals surface area contributed by atoms with Crippen molar-refractivity contribution in [2.45, 2.75) is 19.8 Å². The lowest BCUT2D eigenvalue weighted by Crippen LogP contribution is -2.56. The summed E-state index contributed by atoms with van der Waals surface area (Å²) < 4.78 is 2.25. The van der Waals surface area contributed by atoms with E-state index in [1.807, 2.05) is 0 Å². The van der Waals surface area contributed by atoms with Crippen LogP contribution in [-0.4, -0.2) is 0 Å². The summed E-state index contributed by atoms with van der Waals surface area (Å²) >= 11 is 0. The third-order valence-electron chi connectivity index (χ3n) is 2.56. The molecule has 0 saturated carbocycles. The van der Waals surface area contributed by atoms with Crippen molar-refractivity contribution >= 4 is 12.2 Å². The first-order chi connectivity index (χ1) is 5.79. The lowest BCUT2D eigenvalue weighted by molar-refractivity contribution is -0.691. The molecule has 0 aromatic carbocycles. The van der Waals surface area contributed by atoms with E-state index in [9.17, 15) is 0 Å². The van der Waals surface area contributed by atoms with E-state index >= 15 is 0 Å². The minimum Gasteiger partial charge on any atom is -0.199 e. The molecule has 0 aliphatic heterocycles. The monoisotopic (exact) mass is 160 g/mol. The Labute approximate surface area is 72.7 Å². The number of aromatic nitrogens is 1. The fourth-order valence-electron chi connectivity index (χ4n) is 1.68. The molecule has 0 unspecified atom stereocenters. The van der Waals surface area contributed by atoms with Gasteiger partial charge in [-0.3, -0.25) is 0 Å². The van der Waals surface area contributed by atoms with Crippen molar-refractivity contribution in [1.82, 2.24) is 0 Å². The molecule has 1 aromatic rings. The van der Waals surface area contributed by atoms with E-state index in [0.717, 1.165) is 0 Å². The normalized spacial score (nSPS) is 14.5. The summed E-state index contributed by atoms with van der Waals surface area (Å²) in [4.78, 5) is 0. The molecule has 1 aliphatic carbocycles. The highest BCUT2D eigenvalue weighted by Crippen LogP contribution is 1.93. The van der Waals surface area contributed by atoms with Gasteiger partial charge in [-0.15, -0.1) is 0 Å². The first kappa shape index (κ1) is 7.53. The Hall–Kier alpha value is -1.11. The summed E-state index contributed by atoms with van der Waals surface area (Å²) in [5, 5.41) is 2.76. The van der Waals surface area contributed by atoms with Crippen LogP contribution in [0.25, 0.3) is 12.2 Å². The van der Waals surface area contributed by atoms with Gasteiger partial charge in [0.05, 0.1) is 0 Å². The number of fused-ring (bicyclic) bond motifs is 1. The van der Waals surface area contributed by atoms with Crippen molar-refractivity contribution in [3.8, 4) is 0 Å². The zero-order valence-electron chi connectivity index (χ0n) is 7.67. The minimum atomic E-state index is 1.18. The summed E-state index contributed by atoms with van der Waals surface area (Å²) in [7, 11) is 2.13. The largest absolute Gasteiger partial charge is 0.208 e. The van der Waals surface area contributed by atoms with Crippen LogP contribution in [0.2, 0.25) is 0 Å². The van der Waals surface area contributed by atoms with E-state index in [2.05, 4.69) is 42.8 Å². The van der Waals surface area contributed by atoms with Gasteiger partial charge in [0, 0.05) is 18.2 Å². The predicted molar refractivity (Wildman–Crippen MR) is 49.8 cm³/mol. The molecular formula is C11H14N+. The van der Waals surface area contributed by atoms with Crippen molar-refractivity contribution in [3.05, 3.63) is 28.4 Å². The van der Waals surface area contributed by atoms with Gasteiger partial charge in [-0.05, 0) is 25.0 Å². The van der Waals surface area contributed by atoms with E-state index < -0.39 is 0 Å². The second-order valence-electron chi connectivity index (χ2n) is 3.36. The average Bonchev–Trinajstić information content (AvgIpc) is 2.12. The maximum absolute atomic E-state index is 2.32. The lowest BCUT2D eigenvalue weighted by Gasteiger charge is -1.99. The molecule has 1 aliphatic rings. The van der Waals surface area contributed by atoms with Crippen LogP contribution in [0.4, 0.5) is 0 Å². The van der Waals surface area contributed by atoms with Crippen molar-refractivity contribution in [1.29, 1.82) is 0 Å². The molecule has 1 aromatic heterocycles. The SMILES string of the molecule is Cc1ccc2c([n+]1C)=CCCC=2. The van der Waals surface area contributed by atoms with E-state index in [-0.39, 0.29) is 0 Å². The van der Waals surface area contributed by atoms with Gasteiger partial charge in [0.25, 0.3) is 0 Å². The Morgan fingerprint density at radius 2 is 1.92 bits per heavy atom. The van der Waals surface area contributed by atoms with Gasteiger partial charge >= 0.3 is 0 Å². The van der Waals surface area contributed by atoms with Crippen molar-refractivity contribution in [2.75, 3.05) is 0 Å². The molecule has 0 fully saturated rings. The van der Waals surface area contributed by atoms with Gasteiger partial charge in [0.2, 0.25) is 5.35 Å². The number of pyridine rings is 1. The molecule has 1 nitrogen and oxygen atoms in total. The first-order valence-electron chi connectivity index (χ1n) is 4.45. The molecular weight excluding hydrogens is 146 g/mol. The summed E-state index contributed by atoms with van der Waals surface area (Å²) in [6.07, 6.45) is 7.01. The molecule has 2 rings (SSSR count). The molecule has 0 N–H and O–H groups in total. The highest BCUT2D eigenvalue weighted by molar-refractivity contribution is 5.33. The molecule has 0 spiro atoms. The van der Waals surface area contributed by atoms with Gasteiger partial charge in [0.15, 0.2) is 5.69 Å². The second kappa shape index (κ2) is 2.74. The lowest BCUT2D eigenvalue weighted by atomic mass is 10.1. The summed E-state index contributed by atoms with van der Waals surface area (Å²) in [5.74, 6) is 0. The number of rotatable bonds is 0. The molecule has 0 saturated heterocycles. The number of hydrogen-bond acceptors (Lipinski definition) is 0. The van der Waals surface area contributed by atoms with Gasteiger partial charge in [0.1, 0.15) is 7.05 Å². The van der Waals surface area contributed by atoms with Crippen LogP contribution in [0, 0.1) is 6.92 Å². The van der Waals surface area contributed by atoms with Crippen LogP contribution in [0.3, 0.4) is 0 Å². The van der Waals surface area contributed by atoms with Gasteiger partial charge in [-0.25, -0.2) is 0 Å². The first-order valence-corrected chi connectivity index (χ1v) is 4.45. The van der Waals surface area contributed by atoms with Gasteiger partial charge in [-0.2, -0.15) is 4.57 Å². The van der Waals surface area contributed by atoms with E-state index in [1.54, 1.807) is 0 Å². The predicted octanol–water partition coefficient (Wildman–Crippen LogP) is 0.174. The van der Waals surface area contributed by atoms with Crippen molar-refractivity contribution in [2.24, 2.45) is 7.05 Å². The maximum atomic E-state index is 2.32. The Balaban J connectivity index is 2.88. The summed E-state index contributed by atoms with van der Waals surface area (Å²) in [6.45, 7) is 2.14. The molecule has 1 heteroatoms. The molecule has 12 heavy (non-hydrogen) atoms. The number of hydrogen-bond donors (Lipinski definition) is 0. The molecule has 0 bridgehead atoms. The number of aryl methyl sites for hydroxylation is 1. The van der Waals surface area contributed by atoms with Crippen LogP contribution < -0.4 is 15.1 Å². The Kier molecular flexibility index (Phi) is 1.72. The summed E-state index contributed by atoms with van der Waals surface area (Å²) in [5.41, 5.74) is 1.32. The van der Waals surface area contributed by atoms with Gasteiger partial charge in [-0.1, -0.05) is 6.08 Å². The van der Waals surface area contributed by atoms with Crippen LogP contribution >= 0.6 is 0 Å². The minimum absolute atomic E-state index is 1.18. The van der Waals surface area contributed by atoms with Crippen LogP contribution in [0.1, 0.15) is 18.5 Å². The van der Waals surface area contributed by atoms with Crippen molar-refractivity contribution in [3.63, 3.8) is 0 Å². The fraction of sp³-hybridized carbons (Fsp3) is 0.364. The molecule has 62 valence electrons. The fourth-order valence-corrected chi connectivity index (χ4v) is 1.68. The zero-order valence-corrected chi connectivity index (χ0v) is 7.67. The Morgan fingerprint density at radius 1 is 1.17 bits per heavy atom. The Morgan fingerprint density at radius 3 is 2.75 bits per heavy atom. The third kappa shape index (κ3) is 1.06. The van der Waals surface area contributed by atoms with Crippen LogP contribution in [-0.2, 0) is 7.05 Å². The highest BCUT2D eigenvalue weighted by atomic mass is 14.9. The van der Waals surface area contributed by atoms with Crippen LogP contribution in [0.5, 0.6) is 0 Å². The highest BCUT2D eigenvalue weighted by Gasteiger charge is 2.05. The topological polar surface area (TPSA) is 3.88 Å². The molecule has 0 atom stereocenters. The van der Waals surface area contributed by atoms with E-state index in [4.69, 9.17) is 0 Å². The summed E-state index contributed by atoms with van der Waals surface area (Å²) in [6, 6.07) is 4.38. The second-order valence-corrected chi connectivity index (χ2v) is 3.36. The zero-order chi connectivity index (χ0) is 8.55. The van der Waals surface area contributed by atoms with E-state index in [0.29, 0.717) is 0 Å².